The summed E-state index contributed by atoms with van der Waals surface area (Å²) in [5, 5.41) is 2.86. The smallest absolute Gasteiger partial charge is 0.228 e. The fourth-order valence-electron chi connectivity index (χ4n) is 2.96. The third kappa shape index (κ3) is 3.64. The van der Waals surface area contributed by atoms with Crippen LogP contribution in [-0.2, 0) is 14.8 Å². The summed E-state index contributed by atoms with van der Waals surface area (Å²) in [5.41, 5.74) is 0.625. The Bertz CT molecular complexity index is 719. The number of hydrogen-bond acceptors (Lipinski definition) is 5. The van der Waals surface area contributed by atoms with Gasteiger partial charge in [-0.1, -0.05) is 0 Å². The lowest BCUT2D eigenvalue weighted by Gasteiger charge is -2.31. The van der Waals surface area contributed by atoms with Crippen molar-refractivity contribution in [2.24, 2.45) is 5.92 Å². The molecule has 1 amide bonds. The lowest BCUT2D eigenvalue weighted by molar-refractivity contribution is -0.120. The Morgan fingerprint density at radius 3 is 2.79 bits per heavy atom. The van der Waals surface area contributed by atoms with Crippen molar-refractivity contribution in [3.8, 4) is 11.5 Å². The molecule has 1 aromatic carbocycles. The van der Waals surface area contributed by atoms with Gasteiger partial charge in [0.15, 0.2) is 11.5 Å². The highest BCUT2D eigenvalue weighted by atomic mass is 32.2. The van der Waals surface area contributed by atoms with Crippen molar-refractivity contribution in [2.45, 2.75) is 19.8 Å². The van der Waals surface area contributed by atoms with Crippen LogP contribution in [0, 0.1) is 5.92 Å². The van der Waals surface area contributed by atoms with Gasteiger partial charge in [0, 0.05) is 24.8 Å². The number of nitrogens with one attached hydrogen (secondary N) is 1. The molecule has 0 radical (unpaired) electrons. The van der Waals surface area contributed by atoms with Crippen LogP contribution in [-0.4, -0.2) is 50.7 Å². The molecule has 132 valence electrons. The number of carbonyl (C=O) groups is 1. The number of nitrogens with zero attached hydrogens (tertiary/aromatic N) is 1. The van der Waals surface area contributed by atoms with Gasteiger partial charge in [-0.15, -0.1) is 0 Å². The molecule has 1 saturated heterocycles. The number of ether oxygens (including phenoxy) is 2. The monoisotopic (exact) mass is 354 g/mol. The molecule has 2 heterocycles. The average molecular weight is 354 g/mol. The lowest BCUT2D eigenvalue weighted by Crippen LogP contribution is -2.44. The van der Waals surface area contributed by atoms with Crippen molar-refractivity contribution in [3.05, 3.63) is 18.2 Å². The van der Waals surface area contributed by atoms with Crippen LogP contribution in [0.25, 0.3) is 0 Å². The van der Waals surface area contributed by atoms with E-state index in [0.29, 0.717) is 49.8 Å². The highest BCUT2D eigenvalue weighted by molar-refractivity contribution is 7.89. The fourth-order valence-corrected chi connectivity index (χ4v) is 4.14. The second-order valence-electron chi connectivity index (χ2n) is 5.95. The van der Waals surface area contributed by atoms with E-state index < -0.39 is 10.0 Å². The number of benzene rings is 1. The Labute approximate surface area is 142 Å². The largest absolute Gasteiger partial charge is 0.486 e. The van der Waals surface area contributed by atoms with Crippen molar-refractivity contribution in [3.63, 3.8) is 0 Å². The number of amides is 1. The van der Waals surface area contributed by atoms with Crippen LogP contribution < -0.4 is 14.8 Å². The van der Waals surface area contributed by atoms with Crippen LogP contribution in [0.1, 0.15) is 19.8 Å². The maximum atomic E-state index is 12.5. The average Bonchev–Trinajstić information content (AvgIpc) is 2.61. The molecule has 2 aliphatic heterocycles. The van der Waals surface area contributed by atoms with E-state index in [2.05, 4.69) is 5.32 Å². The molecule has 24 heavy (non-hydrogen) atoms. The molecule has 0 bridgehead atoms. The van der Waals surface area contributed by atoms with E-state index in [9.17, 15) is 13.2 Å². The fraction of sp³-hybridized carbons (Fsp3) is 0.562. The summed E-state index contributed by atoms with van der Waals surface area (Å²) in [6, 6.07) is 5.25. The van der Waals surface area contributed by atoms with Crippen molar-refractivity contribution in [2.75, 3.05) is 37.4 Å². The molecule has 1 fully saturated rings. The highest BCUT2D eigenvalue weighted by Crippen LogP contribution is 2.33. The third-order valence-corrected chi connectivity index (χ3v) is 6.17. The number of fused-ring (bicyclic) bond motifs is 1. The summed E-state index contributed by atoms with van der Waals surface area (Å²) in [7, 11) is -3.26. The Morgan fingerprint density at radius 1 is 1.29 bits per heavy atom. The normalized spacial score (nSPS) is 21.3. The molecule has 0 aromatic heterocycles. The Hall–Kier alpha value is -1.80. The predicted octanol–water partition coefficient (Wildman–Crippen LogP) is 1.46. The summed E-state index contributed by atoms with van der Waals surface area (Å²) in [6.45, 7) is 3.35. The maximum Gasteiger partial charge on any atom is 0.228 e. The minimum absolute atomic E-state index is 0.0590. The minimum Gasteiger partial charge on any atom is -0.486 e. The lowest BCUT2D eigenvalue weighted by atomic mass is 9.98. The van der Waals surface area contributed by atoms with E-state index in [1.165, 1.54) is 4.31 Å². The molecule has 0 spiro atoms. The molecular weight excluding hydrogens is 332 g/mol. The predicted molar refractivity (Wildman–Crippen MR) is 89.8 cm³/mol. The summed E-state index contributed by atoms with van der Waals surface area (Å²) in [4.78, 5) is 12.5. The quantitative estimate of drug-likeness (QED) is 0.885. The SMILES string of the molecule is CCS(=O)(=O)N1CCC[C@@H](C(=O)Nc2ccc3c(c2)OCCO3)C1. The van der Waals surface area contributed by atoms with E-state index in [4.69, 9.17) is 9.47 Å². The van der Waals surface area contributed by atoms with Crippen molar-refractivity contribution in [1.29, 1.82) is 0 Å². The van der Waals surface area contributed by atoms with Crippen molar-refractivity contribution in [1.82, 2.24) is 4.31 Å². The Kier molecular flexibility index (Phi) is 4.96. The molecule has 2 aliphatic rings. The first kappa shape index (κ1) is 17.0. The number of sulfonamides is 1. The van der Waals surface area contributed by atoms with Gasteiger partial charge in [-0.3, -0.25) is 4.79 Å². The highest BCUT2D eigenvalue weighted by Gasteiger charge is 2.31. The zero-order valence-electron chi connectivity index (χ0n) is 13.7. The molecule has 1 atom stereocenters. The molecule has 8 heteroatoms. The van der Waals surface area contributed by atoms with Crippen molar-refractivity contribution < 1.29 is 22.7 Å². The van der Waals surface area contributed by atoms with Gasteiger partial charge in [-0.2, -0.15) is 0 Å². The molecule has 7 nitrogen and oxygen atoms in total. The van der Waals surface area contributed by atoms with Gasteiger partial charge in [0.1, 0.15) is 13.2 Å². The zero-order valence-corrected chi connectivity index (χ0v) is 14.5. The molecule has 0 aliphatic carbocycles. The van der Waals surface area contributed by atoms with Gasteiger partial charge in [-0.05, 0) is 31.9 Å². The van der Waals surface area contributed by atoms with Gasteiger partial charge in [0.2, 0.25) is 15.9 Å². The number of anilines is 1. The van der Waals surface area contributed by atoms with E-state index in [-0.39, 0.29) is 24.1 Å². The number of piperidine rings is 1. The standard InChI is InChI=1S/C16H22N2O5S/c1-2-24(20,21)18-7-3-4-12(11-18)16(19)17-13-5-6-14-15(10-13)23-9-8-22-14/h5-6,10,12H,2-4,7-9,11H2,1H3,(H,17,19)/t12-/m1/s1. The summed E-state index contributed by atoms with van der Waals surface area (Å²) in [6.07, 6.45) is 1.38. The summed E-state index contributed by atoms with van der Waals surface area (Å²) < 4.78 is 36.4. The first-order valence-corrected chi connectivity index (χ1v) is 9.79. The second kappa shape index (κ2) is 6.98. The summed E-state index contributed by atoms with van der Waals surface area (Å²) in [5.74, 6) is 0.828. The number of hydrogen-bond donors (Lipinski definition) is 1. The van der Waals surface area contributed by atoms with Gasteiger partial charge in [0.05, 0.1) is 11.7 Å². The maximum absolute atomic E-state index is 12.5. The topological polar surface area (TPSA) is 84.9 Å². The van der Waals surface area contributed by atoms with Gasteiger partial charge in [0.25, 0.3) is 0 Å². The first-order valence-electron chi connectivity index (χ1n) is 8.18. The molecular formula is C16H22N2O5S. The van der Waals surface area contributed by atoms with Crippen LogP contribution >= 0.6 is 0 Å². The summed E-state index contributed by atoms with van der Waals surface area (Å²) >= 11 is 0. The first-order chi connectivity index (χ1) is 11.5. The van der Waals surface area contributed by atoms with E-state index in [0.717, 1.165) is 0 Å². The second-order valence-corrected chi connectivity index (χ2v) is 8.20. The van der Waals surface area contributed by atoms with Gasteiger partial charge < -0.3 is 14.8 Å². The van der Waals surface area contributed by atoms with E-state index in [1.807, 2.05) is 0 Å². The van der Waals surface area contributed by atoms with E-state index in [1.54, 1.807) is 25.1 Å². The molecule has 0 unspecified atom stereocenters. The molecule has 3 rings (SSSR count). The van der Waals surface area contributed by atoms with E-state index >= 15 is 0 Å². The van der Waals surface area contributed by atoms with Crippen LogP contribution in [0.3, 0.4) is 0 Å². The Balaban J connectivity index is 1.66. The Morgan fingerprint density at radius 2 is 2.04 bits per heavy atom. The molecule has 1 N–H and O–H groups in total. The van der Waals surface area contributed by atoms with Crippen LogP contribution in [0.4, 0.5) is 5.69 Å². The van der Waals surface area contributed by atoms with Crippen LogP contribution in [0.5, 0.6) is 11.5 Å². The van der Waals surface area contributed by atoms with Crippen LogP contribution in [0.2, 0.25) is 0 Å². The zero-order chi connectivity index (χ0) is 17.2. The van der Waals surface area contributed by atoms with Crippen molar-refractivity contribution >= 4 is 21.6 Å². The molecule has 0 saturated carbocycles. The third-order valence-electron chi connectivity index (χ3n) is 4.32. The minimum atomic E-state index is -3.26. The van der Waals surface area contributed by atoms with Gasteiger partial charge >= 0.3 is 0 Å². The van der Waals surface area contributed by atoms with Crippen LogP contribution in [0.15, 0.2) is 18.2 Å². The number of carbonyl (C=O) groups excluding carboxylic acids is 1. The number of rotatable bonds is 4. The van der Waals surface area contributed by atoms with Gasteiger partial charge in [-0.25, -0.2) is 12.7 Å². The molecule has 1 aromatic rings.